The number of aromatic nitrogens is 4. The minimum absolute atomic E-state index is 0.540. The summed E-state index contributed by atoms with van der Waals surface area (Å²) in [5.74, 6) is 2.86. The Kier molecular flexibility index (Phi) is 6.64. The lowest BCUT2D eigenvalue weighted by atomic mass is 9.89. The Hall–Kier alpha value is -4.78. The largest absolute Gasteiger partial charge is 0.438 e. The molecular weight excluding hydrogens is 472 g/mol. The van der Waals surface area contributed by atoms with Crippen molar-refractivity contribution in [3.05, 3.63) is 102 Å². The van der Waals surface area contributed by atoms with Crippen LogP contribution in [0.1, 0.15) is 24.0 Å². The second-order valence-electron chi connectivity index (χ2n) is 9.21. The third-order valence-electron chi connectivity index (χ3n) is 6.77. The number of hydrogen-bond acceptors (Lipinski definition) is 7. The zero-order chi connectivity index (χ0) is 25.7. The fourth-order valence-electron chi connectivity index (χ4n) is 4.86. The molecule has 1 aliphatic carbocycles. The number of ether oxygens (including phenoxy) is 1. The minimum Gasteiger partial charge on any atom is -0.438 e. The van der Waals surface area contributed by atoms with Gasteiger partial charge < -0.3 is 15.4 Å². The molecule has 3 heterocycles. The molecule has 1 aliphatic rings. The van der Waals surface area contributed by atoms with E-state index in [-0.39, 0.29) is 0 Å². The number of nitrogens with zero attached hydrogens (tertiary/aromatic N) is 4. The Balaban J connectivity index is 1.23. The Morgan fingerprint density at radius 1 is 0.737 bits per heavy atom. The van der Waals surface area contributed by atoms with E-state index < -0.39 is 0 Å². The molecule has 0 amide bonds. The maximum absolute atomic E-state index is 6.19. The summed E-state index contributed by atoms with van der Waals surface area (Å²) in [6.07, 6.45) is 7.86. The van der Waals surface area contributed by atoms with Crippen LogP contribution in [0.4, 0.5) is 17.3 Å². The van der Waals surface area contributed by atoms with Crippen LogP contribution in [-0.2, 0) is 12.8 Å². The third-order valence-corrected chi connectivity index (χ3v) is 6.77. The topological polar surface area (TPSA) is 84.9 Å². The van der Waals surface area contributed by atoms with Crippen molar-refractivity contribution >= 4 is 17.3 Å². The van der Waals surface area contributed by atoms with E-state index in [9.17, 15) is 0 Å². The normalized spacial score (nSPS) is 12.4. The summed E-state index contributed by atoms with van der Waals surface area (Å²) in [4.78, 5) is 8.78. The second kappa shape index (κ2) is 10.7. The molecule has 7 nitrogen and oxygen atoms in total. The van der Waals surface area contributed by atoms with Crippen LogP contribution in [0.25, 0.3) is 22.4 Å². The fraction of sp³-hybridized carbons (Fsp3) is 0.161. The Morgan fingerprint density at radius 2 is 1.55 bits per heavy atom. The summed E-state index contributed by atoms with van der Waals surface area (Å²) >= 11 is 0. The van der Waals surface area contributed by atoms with Crippen molar-refractivity contribution in [3.63, 3.8) is 0 Å². The zero-order valence-electron chi connectivity index (χ0n) is 21.2. The van der Waals surface area contributed by atoms with Gasteiger partial charge in [0.05, 0.1) is 5.69 Å². The second-order valence-corrected chi connectivity index (χ2v) is 9.21. The van der Waals surface area contributed by atoms with Crippen LogP contribution >= 0.6 is 0 Å². The summed E-state index contributed by atoms with van der Waals surface area (Å²) in [5.41, 5.74) is 7.50. The van der Waals surface area contributed by atoms with Crippen LogP contribution < -0.4 is 15.4 Å². The van der Waals surface area contributed by atoms with E-state index in [0.717, 1.165) is 59.0 Å². The smallest absolute Gasteiger partial charge is 0.227 e. The van der Waals surface area contributed by atoms with E-state index in [1.807, 2.05) is 73.8 Å². The van der Waals surface area contributed by atoms with Crippen molar-refractivity contribution in [3.8, 4) is 34.0 Å². The quantitative estimate of drug-likeness (QED) is 0.247. The van der Waals surface area contributed by atoms with Gasteiger partial charge in [0.15, 0.2) is 5.82 Å². The predicted octanol–water partition coefficient (Wildman–Crippen LogP) is 7.06. The highest BCUT2D eigenvalue weighted by molar-refractivity contribution is 5.72. The van der Waals surface area contributed by atoms with Gasteiger partial charge in [-0.05, 0) is 85.3 Å². The van der Waals surface area contributed by atoms with Gasteiger partial charge in [-0.1, -0.05) is 30.3 Å². The average molecular weight is 501 g/mol. The van der Waals surface area contributed by atoms with Gasteiger partial charge in [-0.15, -0.1) is 10.2 Å². The predicted molar refractivity (Wildman–Crippen MR) is 151 cm³/mol. The molecule has 5 aromatic rings. The van der Waals surface area contributed by atoms with Gasteiger partial charge in [0, 0.05) is 41.8 Å². The van der Waals surface area contributed by atoms with Crippen LogP contribution in [0.2, 0.25) is 0 Å². The van der Waals surface area contributed by atoms with Crippen molar-refractivity contribution in [2.75, 3.05) is 17.7 Å². The van der Waals surface area contributed by atoms with Crippen LogP contribution in [0.5, 0.6) is 11.6 Å². The number of pyridine rings is 2. The van der Waals surface area contributed by atoms with E-state index in [4.69, 9.17) is 4.74 Å². The molecule has 0 radical (unpaired) electrons. The van der Waals surface area contributed by atoms with Crippen molar-refractivity contribution in [1.29, 1.82) is 0 Å². The highest BCUT2D eigenvalue weighted by atomic mass is 16.5. The van der Waals surface area contributed by atoms with Crippen molar-refractivity contribution in [2.24, 2.45) is 0 Å². The molecule has 0 aliphatic heterocycles. The summed E-state index contributed by atoms with van der Waals surface area (Å²) < 4.78 is 6.19. The van der Waals surface area contributed by atoms with Crippen molar-refractivity contribution in [2.45, 2.75) is 25.7 Å². The first-order valence-corrected chi connectivity index (χ1v) is 12.9. The van der Waals surface area contributed by atoms with Crippen molar-refractivity contribution < 1.29 is 4.74 Å². The molecule has 0 unspecified atom stereocenters. The molecule has 3 aromatic heterocycles. The minimum atomic E-state index is 0.540. The molecule has 2 aromatic carbocycles. The molecule has 0 bridgehead atoms. The lowest BCUT2D eigenvalue weighted by molar-refractivity contribution is 0.465. The SMILES string of the molecule is CNc1cc(-c2cccnc2Oc2ccc(Nc3nnc(-c4ccccc4)c4c3CCCC4)cc2)ccn1. The van der Waals surface area contributed by atoms with Gasteiger partial charge >= 0.3 is 0 Å². The Bertz CT molecular complexity index is 1550. The number of anilines is 3. The molecule has 2 N–H and O–H groups in total. The molecule has 6 rings (SSSR count). The molecule has 0 fully saturated rings. The van der Waals surface area contributed by atoms with Crippen LogP contribution in [0.15, 0.2) is 91.3 Å². The van der Waals surface area contributed by atoms with Gasteiger partial charge in [0.1, 0.15) is 11.6 Å². The first-order chi connectivity index (χ1) is 18.8. The summed E-state index contributed by atoms with van der Waals surface area (Å²) in [7, 11) is 1.85. The molecule has 7 heteroatoms. The maximum atomic E-state index is 6.19. The highest BCUT2D eigenvalue weighted by Crippen LogP contribution is 2.35. The van der Waals surface area contributed by atoms with Gasteiger partial charge in [-0.25, -0.2) is 9.97 Å². The van der Waals surface area contributed by atoms with E-state index >= 15 is 0 Å². The van der Waals surface area contributed by atoms with E-state index in [0.29, 0.717) is 11.6 Å². The number of benzene rings is 2. The summed E-state index contributed by atoms with van der Waals surface area (Å²) in [6.45, 7) is 0. The molecule has 0 atom stereocenters. The molecule has 188 valence electrons. The fourth-order valence-corrected chi connectivity index (χ4v) is 4.86. The van der Waals surface area contributed by atoms with Crippen LogP contribution in [-0.4, -0.2) is 27.2 Å². The first kappa shape index (κ1) is 23.6. The van der Waals surface area contributed by atoms with Crippen LogP contribution in [0, 0.1) is 0 Å². The Morgan fingerprint density at radius 3 is 2.37 bits per heavy atom. The summed E-state index contributed by atoms with van der Waals surface area (Å²) in [5, 5.41) is 15.8. The molecule has 0 saturated heterocycles. The lowest BCUT2D eigenvalue weighted by Crippen LogP contribution is -2.12. The van der Waals surface area contributed by atoms with E-state index in [2.05, 4.69) is 42.9 Å². The lowest BCUT2D eigenvalue weighted by Gasteiger charge is -2.21. The number of fused-ring (bicyclic) bond motifs is 1. The van der Waals surface area contributed by atoms with E-state index in [1.54, 1.807) is 12.4 Å². The third kappa shape index (κ3) is 4.91. The van der Waals surface area contributed by atoms with E-state index in [1.165, 1.54) is 17.5 Å². The Labute approximate surface area is 222 Å². The van der Waals surface area contributed by atoms with Crippen molar-refractivity contribution in [1.82, 2.24) is 20.2 Å². The monoisotopic (exact) mass is 500 g/mol. The van der Waals surface area contributed by atoms with Gasteiger partial charge in [-0.2, -0.15) is 0 Å². The van der Waals surface area contributed by atoms with Crippen LogP contribution in [0.3, 0.4) is 0 Å². The zero-order valence-corrected chi connectivity index (χ0v) is 21.2. The van der Waals surface area contributed by atoms with Gasteiger partial charge in [0.2, 0.25) is 5.88 Å². The average Bonchev–Trinajstić information content (AvgIpc) is 2.99. The molecular formula is C31H28N6O. The molecule has 0 spiro atoms. The molecule has 38 heavy (non-hydrogen) atoms. The first-order valence-electron chi connectivity index (χ1n) is 12.9. The number of rotatable bonds is 7. The molecule has 0 saturated carbocycles. The standard InChI is InChI=1S/C31H28N6O/c1-32-28-20-22(17-19-33-28)25-12-7-18-34-31(25)38-24-15-13-23(14-16-24)35-30-27-11-6-5-10-26(27)29(36-37-30)21-8-3-2-4-9-21/h2-4,7-9,12-20H,5-6,10-11H2,1H3,(H,32,33)(H,35,37). The van der Waals surface area contributed by atoms with Gasteiger partial charge in [0.25, 0.3) is 0 Å². The number of nitrogens with one attached hydrogen (secondary N) is 2. The maximum Gasteiger partial charge on any atom is 0.227 e. The summed E-state index contributed by atoms with van der Waals surface area (Å²) in [6, 6.07) is 26.0. The highest BCUT2D eigenvalue weighted by Gasteiger charge is 2.20. The van der Waals surface area contributed by atoms with Gasteiger partial charge in [-0.3, -0.25) is 0 Å². The number of hydrogen-bond donors (Lipinski definition) is 2.